The Hall–Kier alpha value is -1.96. The van der Waals surface area contributed by atoms with Gasteiger partial charge in [-0.25, -0.2) is 0 Å². The fourth-order valence-electron chi connectivity index (χ4n) is 2.04. The average molecular weight is 297 g/mol. The summed E-state index contributed by atoms with van der Waals surface area (Å²) in [5.41, 5.74) is 1.54. The van der Waals surface area contributed by atoms with Crippen LogP contribution in [0.25, 0.3) is 9.40 Å². The van der Waals surface area contributed by atoms with Crippen LogP contribution in [-0.2, 0) is 0 Å². The van der Waals surface area contributed by atoms with Crippen molar-refractivity contribution < 1.29 is 4.79 Å². The number of thiophene rings is 2. The van der Waals surface area contributed by atoms with Gasteiger partial charge in [-0.3, -0.25) is 4.79 Å². The third-order valence-corrected chi connectivity index (χ3v) is 5.42. The first kappa shape index (κ1) is 13.0. The van der Waals surface area contributed by atoms with Crippen molar-refractivity contribution in [2.75, 3.05) is 0 Å². The lowest BCUT2D eigenvalue weighted by Crippen LogP contribution is -2.00. The van der Waals surface area contributed by atoms with Crippen molar-refractivity contribution in [1.82, 2.24) is 0 Å². The standard InChI is InChI=1S/C16H11NOS2/c1-10(9-17)11-3-2-4-12(7-11)15(18)14-8-13-5-6-19-16(13)20-14/h2-8,10H,1H3. The van der Waals surface area contributed by atoms with Crippen LogP contribution >= 0.6 is 22.7 Å². The summed E-state index contributed by atoms with van der Waals surface area (Å²) in [5, 5.41) is 12.1. The molecule has 0 aliphatic rings. The maximum atomic E-state index is 12.5. The van der Waals surface area contributed by atoms with Crippen LogP contribution in [0.15, 0.2) is 41.8 Å². The number of rotatable bonds is 3. The van der Waals surface area contributed by atoms with Gasteiger partial charge in [0.05, 0.1) is 20.9 Å². The van der Waals surface area contributed by atoms with E-state index in [0.717, 1.165) is 15.8 Å². The summed E-state index contributed by atoms with van der Waals surface area (Å²) in [6, 6.07) is 13.5. The molecule has 0 aliphatic heterocycles. The predicted octanol–water partition coefficient (Wildman–Crippen LogP) is 4.82. The molecule has 4 heteroatoms. The number of nitriles is 1. The molecular formula is C16H11NOS2. The van der Waals surface area contributed by atoms with Gasteiger partial charge in [-0.15, -0.1) is 22.7 Å². The minimum absolute atomic E-state index is 0.0328. The van der Waals surface area contributed by atoms with Gasteiger partial charge in [-0.2, -0.15) is 5.26 Å². The predicted molar refractivity (Wildman–Crippen MR) is 83.6 cm³/mol. The van der Waals surface area contributed by atoms with Crippen LogP contribution in [0.5, 0.6) is 0 Å². The molecule has 3 aromatic rings. The molecular weight excluding hydrogens is 286 g/mol. The Balaban J connectivity index is 1.98. The van der Waals surface area contributed by atoms with E-state index in [-0.39, 0.29) is 11.7 Å². The lowest BCUT2D eigenvalue weighted by atomic mass is 9.98. The van der Waals surface area contributed by atoms with Crippen LogP contribution in [0.1, 0.15) is 33.6 Å². The molecule has 1 aromatic carbocycles. The summed E-state index contributed by atoms with van der Waals surface area (Å²) in [6.45, 7) is 1.84. The Bertz CT molecular complexity index is 794. The highest BCUT2D eigenvalue weighted by Gasteiger charge is 2.14. The van der Waals surface area contributed by atoms with E-state index in [0.29, 0.717) is 5.56 Å². The van der Waals surface area contributed by atoms with E-state index in [1.54, 1.807) is 11.3 Å². The second kappa shape index (κ2) is 5.20. The third-order valence-electron chi connectivity index (χ3n) is 3.21. The molecule has 2 aromatic heterocycles. The van der Waals surface area contributed by atoms with Gasteiger partial charge >= 0.3 is 0 Å². The van der Waals surface area contributed by atoms with Gasteiger partial charge in [0.25, 0.3) is 0 Å². The fourth-order valence-corrected chi connectivity index (χ4v) is 4.11. The van der Waals surface area contributed by atoms with E-state index < -0.39 is 0 Å². The third kappa shape index (κ3) is 2.26. The molecule has 3 rings (SSSR count). The second-order valence-electron chi connectivity index (χ2n) is 4.58. The molecule has 0 saturated heterocycles. The van der Waals surface area contributed by atoms with Crippen molar-refractivity contribution in [2.24, 2.45) is 0 Å². The summed E-state index contributed by atoms with van der Waals surface area (Å²) in [7, 11) is 0. The van der Waals surface area contributed by atoms with Crippen molar-refractivity contribution in [3.63, 3.8) is 0 Å². The Kier molecular flexibility index (Phi) is 3.39. The zero-order valence-corrected chi connectivity index (χ0v) is 12.4. The van der Waals surface area contributed by atoms with Gasteiger partial charge in [-0.05, 0) is 36.1 Å². The molecule has 0 fully saturated rings. The van der Waals surface area contributed by atoms with E-state index in [2.05, 4.69) is 6.07 Å². The quantitative estimate of drug-likeness (QED) is 0.650. The Morgan fingerprint density at radius 3 is 2.90 bits per heavy atom. The molecule has 2 heterocycles. The largest absolute Gasteiger partial charge is 0.288 e. The van der Waals surface area contributed by atoms with Gasteiger partial charge in [0, 0.05) is 10.9 Å². The summed E-state index contributed by atoms with van der Waals surface area (Å²) < 4.78 is 1.18. The van der Waals surface area contributed by atoms with Gasteiger partial charge in [0.2, 0.25) is 5.78 Å². The fraction of sp³-hybridized carbons (Fsp3) is 0.125. The van der Waals surface area contributed by atoms with Crippen LogP contribution in [0.3, 0.4) is 0 Å². The molecule has 20 heavy (non-hydrogen) atoms. The first-order chi connectivity index (χ1) is 9.69. The van der Waals surface area contributed by atoms with Crippen molar-refractivity contribution in [3.05, 3.63) is 57.8 Å². The van der Waals surface area contributed by atoms with Gasteiger partial charge in [0.1, 0.15) is 0 Å². The normalized spacial score (nSPS) is 12.2. The van der Waals surface area contributed by atoms with E-state index >= 15 is 0 Å². The molecule has 1 atom stereocenters. The Morgan fingerprint density at radius 2 is 2.15 bits per heavy atom. The maximum absolute atomic E-state index is 12.5. The van der Waals surface area contributed by atoms with Crippen molar-refractivity contribution >= 4 is 37.9 Å². The van der Waals surface area contributed by atoms with Crippen LogP contribution in [0, 0.1) is 11.3 Å². The van der Waals surface area contributed by atoms with Gasteiger partial charge in [-0.1, -0.05) is 18.2 Å². The first-order valence-corrected chi connectivity index (χ1v) is 7.90. The van der Waals surface area contributed by atoms with Crippen molar-refractivity contribution in [3.8, 4) is 6.07 Å². The molecule has 0 bridgehead atoms. The highest BCUT2D eigenvalue weighted by molar-refractivity contribution is 7.38. The lowest BCUT2D eigenvalue weighted by molar-refractivity contribution is 0.104. The monoisotopic (exact) mass is 297 g/mol. The summed E-state index contributed by atoms with van der Waals surface area (Å²) in [6.07, 6.45) is 0. The molecule has 98 valence electrons. The number of hydrogen-bond acceptors (Lipinski definition) is 4. The lowest BCUT2D eigenvalue weighted by Gasteiger charge is -2.05. The molecule has 0 radical (unpaired) electrons. The van der Waals surface area contributed by atoms with E-state index in [4.69, 9.17) is 5.26 Å². The number of carbonyl (C=O) groups excluding carboxylic acids is 1. The molecule has 0 amide bonds. The number of fused-ring (bicyclic) bond motifs is 1. The molecule has 0 N–H and O–H groups in total. The van der Waals surface area contributed by atoms with Gasteiger partial charge < -0.3 is 0 Å². The summed E-state index contributed by atoms with van der Waals surface area (Å²) in [4.78, 5) is 13.3. The summed E-state index contributed by atoms with van der Waals surface area (Å²) >= 11 is 3.19. The second-order valence-corrected chi connectivity index (χ2v) is 6.81. The Labute approximate surface area is 124 Å². The number of hydrogen-bond donors (Lipinski definition) is 0. The highest BCUT2D eigenvalue weighted by atomic mass is 32.2. The molecule has 0 spiro atoms. The van der Waals surface area contributed by atoms with Crippen LogP contribution in [0.4, 0.5) is 0 Å². The van der Waals surface area contributed by atoms with E-state index in [9.17, 15) is 4.79 Å². The number of nitrogens with zero attached hydrogens (tertiary/aromatic N) is 1. The smallest absolute Gasteiger partial charge is 0.203 e. The topological polar surface area (TPSA) is 40.9 Å². The number of benzene rings is 1. The zero-order valence-electron chi connectivity index (χ0n) is 10.8. The molecule has 1 unspecified atom stereocenters. The van der Waals surface area contributed by atoms with E-state index in [1.807, 2.05) is 48.7 Å². The average Bonchev–Trinajstić information content (AvgIpc) is 3.07. The zero-order chi connectivity index (χ0) is 14.1. The minimum atomic E-state index is -0.199. The van der Waals surface area contributed by atoms with Crippen LogP contribution in [-0.4, -0.2) is 5.78 Å². The highest BCUT2D eigenvalue weighted by Crippen LogP contribution is 2.31. The molecule has 0 aliphatic carbocycles. The van der Waals surface area contributed by atoms with E-state index in [1.165, 1.54) is 15.4 Å². The minimum Gasteiger partial charge on any atom is -0.288 e. The molecule has 0 saturated carbocycles. The van der Waals surface area contributed by atoms with Crippen LogP contribution in [0.2, 0.25) is 0 Å². The molecule has 2 nitrogen and oxygen atoms in total. The SMILES string of the molecule is CC(C#N)c1cccc(C(=O)c2cc3ccsc3s2)c1. The maximum Gasteiger partial charge on any atom is 0.203 e. The van der Waals surface area contributed by atoms with Crippen molar-refractivity contribution in [2.45, 2.75) is 12.8 Å². The van der Waals surface area contributed by atoms with Gasteiger partial charge in [0.15, 0.2) is 0 Å². The Morgan fingerprint density at radius 1 is 1.30 bits per heavy atom. The number of ketones is 1. The van der Waals surface area contributed by atoms with Crippen LogP contribution < -0.4 is 0 Å². The first-order valence-electron chi connectivity index (χ1n) is 6.20. The summed E-state index contributed by atoms with van der Waals surface area (Å²) in [5.74, 6) is -0.167. The number of carbonyl (C=O) groups is 1. The van der Waals surface area contributed by atoms with Crippen molar-refractivity contribution in [1.29, 1.82) is 5.26 Å².